The number of aromatic nitrogens is 1. The molecular formula is C19H18N2O2S. The summed E-state index contributed by atoms with van der Waals surface area (Å²) in [6.45, 7) is 6.41. The Kier molecular flexibility index (Phi) is 4.20. The lowest BCUT2D eigenvalue weighted by Crippen LogP contribution is -2.14. The number of carbonyl (C=O) groups is 2. The molecule has 4 nitrogen and oxygen atoms in total. The number of amides is 1. The van der Waals surface area contributed by atoms with E-state index in [0.717, 1.165) is 11.0 Å². The molecule has 0 spiro atoms. The summed E-state index contributed by atoms with van der Waals surface area (Å²) in [6.07, 6.45) is 0.736. The zero-order valence-corrected chi connectivity index (χ0v) is 14.6. The van der Waals surface area contributed by atoms with Gasteiger partial charge in [0.05, 0.1) is 10.2 Å². The number of nitrogens with one attached hydrogen (secondary N) is 1. The van der Waals surface area contributed by atoms with Crippen molar-refractivity contribution in [3.05, 3.63) is 58.6 Å². The highest BCUT2D eigenvalue weighted by Gasteiger charge is 2.14. The molecule has 122 valence electrons. The van der Waals surface area contributed by atoms with E-state index in [1.54, 1.807) is 6.07 Å². The first-order chi connectivity index (χ1) is 11.4. The molecular weight excluding hydrogens is 320 g/mol. The maximum absolute atomic E-state index is 12.4. The van der Waals surface area contributed by atoms with Crippen molar-refractivity contribution in [1.82, 2.24) is 4.98 Å². The quantitative estimate of drug-likeness (QED) is 0.707. The van der Waals surface area contributed by atoms with E-state index in [2.05, 4.69) is 31.1 Å². The summed E-state index contributed by atoms with van der Waals surface area (Å²) >= 11 is 1.33. The minimum atomic E-state index is -0.166. The number of benzene rings is 2. The van der Waals surface area contributed by atoms with Gasteiger partial charge in [0, 0.05) is 11.3 Å². The van der Waals surface area contributed by atoms with Crippen molar-refractivity contribution >= 4 is 39.4 Å². The van der Waals surface area contributed by atoms with Crippen molar-refractivity contribution in [3.8, 4) is 0 Å². The largest absolute Gasteiger partial charge is 0.322 e. The third-order valence-electron chi connectivity index (χ3n) is 3.78. The van der Waals surface area contributed by atoms with Crippen LogP contribution < -0.4 is 5.32 Å². The van der Waals surface area contributed by atoms with E-state index in [1.807, 2.05) is 36.4 Å². The van der Waals surface area contributed by atoms with Crippen LogP contribution in [0.1, 0.15) is 46.5 Å². The first-order valence-electron chi connectivity index (χ1n) is 7.64. The molecule has 0 atom stereocenters. The highest BCUT2D eigenvalue weighted by molar-refractivity contribution is 7.20. The van der Waals surface area contributed by atoms with Crippen molar-refractivity contribution in [2.75, 3.05) is 5.32 Å². The lowest BCUT2D eigenvalue weighted by atomic mass is 9.87. The SMILES string of the molecule is CC(C)(C)c1ccc(C(=O)Nc2ccc3sc(C=O)nc3c2)cc1. The summed E-state index contributed by atoms with van der Waals surface area (Å²) in [5, 5.41) is 3.31. The molecule has 3 rings (SSSR count). The minimum Gasteiger partial charge on any atom is -0.322 e. The second-order valence-corrected chi connectivity index (χ2v) is 7.70. The predicted molar refractivity (Wildman–Crippen MR) is 98.1 cm³/mol. The van der Waals surface area contributed by atoms with E-state index in [4.69, 9.17) is 0 Å². The van der Waals surface area contributed by atoms with Crippen LogP contribution in [0.15, 0.2) is 42.5 Å². The van der Waals surface area contributed by atoms with Crippen LogP contribution in [-0.4, -0.2) is 17.2 Å². The van der Waals surface area contributed by atoms with E-state index < -0.39 is 0 Å². The van der Waals surface area contributed by atoms with Crippen molar-refractivity contribution in [1.29, 1.82) is 0 Å². The van der Waals surface area contributed by atoms with E-state index >= 15 is 0 Å². The van der Waals surface area contributed by atoms with Crippen molar-refractivity contribution in [2.45, 2.75) is 26.2 Å². The van der Waals surface area contributed by atoms with Gasteiger partial charge in [-0.15, -0.1) is 11.3 Å². The topological polar surface area (TPSA) is 59.1 Å². The summed E-state index contributed by atoms with van der Waals surface area (Å²) in [5.74, 6) is -0.166. The molecule has 0 aliphatic heterocycles. The molecule has 1 heterocycles. The standard InChI is InChI=1S/C19H18N2O2S/c1-19(2,3)13-6-4-12(5-7-13)18(23)20-14-8-9-16-15(10-14)21-17(11-22)24-16/h4-11H,1-3H3,(H,20,23). The van der Waals surface area contributed by atoms with Gasteiger partial charge in [0.1, 0.15) is 0 Å². The fourth-order valence-corrected chi connectivity index (χ4v) is 3.16. The molecule has 0 saturated heterocycles. The second-order valence-electron chi connectivity index (χ2n) is 6.63. The molecule has 3 aromatic rings. The Morgan fingerprint density at radius 3 is 2.46 bits per heavy atom. The summed E-state index contributed by atoms with van der Waals surface area (Å²) < 4.78 is 0.921. The summed E-state index contributed by atoms with van der Waals surface area (Å²) in [6, 6.07) is 13.1. The second kappa shape index (κ2) is 6.17. The highest BCUT2D eigenvalue weighted by atomic mass is 32.1. The van der Waals surface area contributed by atoms with Crippen LogP contribution in [0.3, 0.4) is 0 Å². The molecule has 0 bridgehead atoms. The molecule has 0 fully saturated rings. The number of hydrogen-bond donors (Lipinski definition) is 1. The zero-order chi connectivity index (χ0) is 17.3. The Balaban J connectivity index is 1.80. The Hall–Kier alpha value is -2.53. The highest BCUT2D eigenvalue weighted by Crippen LogP contribution is 2.25. The van der Waals surface area contributed by atoms with Crippen LogP contribution in [0, 0.1) is 0 Å². The fourth-order valence-electron chi connectivity index (χ4n) is 2.40. The maximum atomic E-state index is 12.4. The smallest absolute Gasteiger partial charge is 0.255 e. The van der Waals surface area contributed by atoms with Gasteiger partial charge >= 0.3 is 0 Å². The van der Waals surface area contributed by atoms with Gasteiger partial charge in [-0.3, -0.25) is 9.59 Å². The molecule has 0 aliphatic rings. The lowest BCUT2D eigenvalue weighted by Gasteiger charge is -2.19. The molecule has 0 radical (unpaired) electrons. The van der Waals surface area contributed by atoms with Crippen molar-refractivity contribution in [3.63, 3.8) is 0 Å². The van der Waals surface area contributed by atoms with Crippen LogP contribution >= 0.6 is 11.3 Å². The van der Waals surface area contributed by atoms with Gasteiger partial charge in [-0.25, -0.2) is 4.98 Å². The summed E-state index contributed by atoms with van der Waals surface area (Å²) in [7, 11) is 0. The maximum Gasteiger partial charge on any atom is 0.255 e. The number of rotatable bonds is 3. The third-order valence-corrected chi connectivity index (χ3v) is 4.74. The van der Waals surface area contributed by atoms with Crippen molar-refractivity contribution < 1.29 is 9.59 Å². The van der Waals surface area contributed by atoms with Gasteiger partial charge in [0.2, 0.25) is 0 Å². The number of nitrogens with zero attached hydrogens (tertiary/aromatic N) is 1. The Labute approximate surface area is 144 Å². The van der Waals surface area contributed by atoms with Gasteiger partial charge in [-0.2, -0.15) is 0 Å². The normalized spacial score (nSPS) is 11.5. The number of thiazole rings is 1. The van der Waals surface area contributed by atoms with Gasteiger partial charge in [0.25, 0.3) is 5.91 Å². The average Bonchev–Trinajstić information content (AvgIpc) is 2.96. The van der Waals surface area contributed by atoms with Gasteiger partial charge in [0.15, 0.2) is 11.3 Å². The van der Waals surface area contributed by atoms with E-state index in [-0.39, 0.29) is 11.3 Å². The number of anilines is 1. The average molecular weight is 338 g/mol. The fraction of sp³-hybridized carbons (Fsp3) is 0.211. The first-order valence-corrected chi connectivity index (χ1v) is 8.46. The van der Waals surface area contributed by atoms with Crippen LogP contribution in [0.2, 0.25) is 0 Å². The van der Waals surface area contributed by atoms with Crippen LogP contribution in [-0.2, 0) is 5.41 Å². The Bertz CT molecular complexity index is 905. The Morgan fingerprint density at radius 1 is 1.12 bits per heavy atom. The molecule has 5 heteroatoms. The van der Waals surface area contributed by atoms with Crippen LogP contribution in [0.5, 0.6) is 0 Å². The predicted octanol–water partition coefficient (Wildman–Crippen LogP) is 4.66. The Morgan fingerprint density at radius 2 is 1.83 bits per heavy atom. The molecule has 1 amide bonds. The molecule has 24 heavy (non-hydrogen) atoms. The van der Waals surface area contributed by atoms with E-state index in [9.17, 15) is 9.59 Å². The van der Waals surface area contributed by atoms with Gasteiger partial charge in [-0.05, 0) is 41.3 Å². The van der Waals surface area contributed by atoms with Crippen LogP contribution in [0.4, 0.5) is 5.69 Å². The minimum absolute atomic E-state index is 0.0565. The summed E-state index contributed by atoms with van der Waals surface area (Å²) in [5.41, 5.74) is 3.22. The first kappa shape index (κ1) is 16.3. The van der Waals surface area contributed by atoms with Gasteiger partial charge in [-0.1, -0.05) is 32.9 Å². The van der Waals surface area contributed by atoms with Crippen molar-refractivity contribution in [2.24, 2.45) is 0 Å². The monoisotopic (exact) mass is 338 g/mol. The number of carbonyl (C=O) groups excluding carboxylic acids is 2. The number of hydrogen-bond acceptors (Lipinski definition) is 4. The third kappa shape index (κ3) is 3.36. The molecule has 1 N–H and O–H groups in total. The van der Waals surface area contributed by atoms with E-state index in [0.29, 0.717) is 21.8 Å². The lowest BCUT2D eigenvalue weighted by molar-refractivity contribution is 0.102. The zero-order valence-electron chi connectivity index (χ0n) is 13.8. The summed E-state index contributed by atoms with van der Waals surface area (Å²) in [4.78, 5) is 27.4. The molecule has 0 unspecified atom stereocenters. The number of fused-ring (bicyclic) bond motifs is 1. The molecule has 1 aromatic heterocycles. The van der Waals surface area contributed by atoms with Gasteiger partial charge < -0.3 is 5.32 Å². The molecule has 0 aliphatic carbocycles. The van der Waals surface area contributed by atoms with E-state index in [1.165, 1.54) is 16.9 Å². The van der Waals surface area contributed by atoms with Crippen LogP contribution in [0.25, 0.3) is 10.2 Å². The number of aldehydes is 1. The molecule has 0 saturated carbocycles. The molecule has 2 aromatic carbocycles.